The third kappa shape index (κ3) is 3.41. The molecule has 4 rings (SSSR count). The van der Waals surface area contributed by atoms with Gasteiger partial charge in [0.25, 0.3) is 5.91 Å². The number of methoxy groups -OCH3 is 2. The first-order valence-electron chi connectivity index (χ1n) is 10.4. The number of nitrogens with one attached hydrogen (secondary N) is 1. The van der Waals surface area contributed by atoms with Crippen molar-refractivity contribution in [2.45, 2.75) is 32.2 Å². The van der Waals surface area contributed by atoms with Gasteiger partial charge in [-0.15, -0.1) is 0 Å². The summed E-state index contributed by atoms with van der Waals surface area (Å²) in [7, 11) is 3.25. The molecule has 1 aliphatic rings. The van der Waals surface area contributed by atoms with Gasteiger partial charge in [-0.1, -0.05) is 6.92 Å². The van der Waals surface area contributed by atoms with Gasteiger partial charge < -0.3 is 24.5 Å². The zero-order chi connectivity index (χ0) is 21.3. The molecule has 0 saturated carbocycles. The molecular weight excluding hydrogens is 380 g/mol. The van der Waals surface area contributed by atoms with Gasteiger partial charge in [0.2, 0.25) is 0 Å². The highest BCUT2D eigenvalue weighted by Gasteiger charge is 2.29. The second kappa shape index (κ2) is 8.40. The number of hydrogen-bond donors (Lipinski definition) is 2. The Morgan fingerprint density at radius 3 is 2.67 bits per heavy atom. The van der Waals surface area contributed by atoms with Crippen LogP contribution in [0.2, 0.25) is 0 Å². The van der Waals surface area contributed by atoms with Gasteiger partial charge in [-0.2, -0.15) is 0 Å². The minimum Gasteiger partial charge on any atom is -0.493 e. The lowest BCUT2D eigenvalue weighted by Gasteiger charge is -2.23. The van der Waals surface area contributed by atoms with E-state index in [0.717, 1.165) is 47.0 Å². The Bertz CT molecular complexity index is 1070. The molecule has 0 bridgehead atoms. The first-order valence-corrected chi connectivity index (χ1v) is 10.4. The average Bonchev–Trinajstić information content (AvgIpc) is 3.41. The quantitative estimate of drug-likeness (QED) is 0.646. The highest BCUT2D eigenvalue weighted by molar-refractivity contribution is 6.00. The van der Waals surface area contributed by atoms with Crippen LogP contribution in [-0.2, 0) is 6.42 Å². The molecule has 30 heavy (non-hydrogen) atoms. The molecule has 3 aromatic rings. The number of amides is 1. The third-order valence-electron chi connectivity index (χ3n) is 6.03. The van der Waals surface area contributed by atoms with Crippen LogP contribution in [0.4, 0.5) is 0 Å². The van der Waals surface area contributed by atoms with Crippen LogP contribution in [0.15, 0.2) is 36.4 Å². The summed E-state index contributed by atoms with van der Waals surface area (Å²) >= 11 is 0. The van der Waals surface area contributed by atoms with Gasteiger partial charge >= 0.3 is 0 Å². The van der Waals surface area contributed by atoms with E-state index in [-0.39, 0.29) is 18.6 Å². The number of aliphatic hydroxyl groups is 1. The Hall–Kier alpha value is -2.99. The smallest absolute Gasteiger partial charge is 0.254 e. The molecule has 2 aromatic carbocycles. The van der Waals surface area contributed by atoms with E-state index in [4.69, 9.17) is 9.47 Å². The topological polar surface area (TPSA) is 74.8 Å². The Labute approximate surface area is 176 Å². The Morgan fingerprint density at radius 2 is 1.97 bits per heavy atom. The fourth-order valence-corrected chi connectivity index (χ4v) is 4.44. The van der Waals surface area contributed by atoms with Crippen molar-refractivity contribution < 1.29 is 19.4 Å². The summed E-state index contributed by atoms with van der Waals surface area (Å²) in [5, 5.41) is 10.6. The number of aryl methyl sites for hydroxylation is 1. The molecular formula is C24H28N2O4. The molecule has 2 heterocycles. The Morgan fingerprint density at radius 1 is 1.17 bits per heavy atom. The van der Waals surface area contributed by atoms with Crippen molar-refractivity contribution in [1.29, 1.82) is 0 Å². The van der Waals surface area contributed by atoms with Crippen LogP contribution in [0.25, 0.3) is 22.2 Å². The van der Waals surface area contributed by atoms with E-state index in [1.54, 1.807) is 19.1 Å². The van der Waals surface area contributed by atoms with Crippen LogP contribution >= 0.6 is 0 Å². The summed E-state index contributed by atoms with van der Waals surface area (Å²) in [5.74, 6) is 1.35. The van der Waals surface area contributed by atoms with E-state index in [9.17, 15) is 9.90 Å². The number of rotatable bonds is 6. The number of fused-ring (bicyclic) bond motifs is 1. The predicted octanol–water partition coefficient (Wildman–Crippen LogP) is 4.01. The van der Waals surface area contributed by atoms with Gasteiger partial charge in [0.15, 0.2) is 11.5 Å². The fraction of sp³-hybridized carbons (Fsp3) is 0.375. The molecule has 0 spiro atoms. The average molecular weight is 408 g/mol. The maximum atomic E-state index is 13.1. The van der Waals surface area contributed by atoms with E-state index >= 15 is 0 Å². The lowest BCUT2D eigenvalue weighted by molar-refractivity contribution is 0.0678. The van der Waals surface area contributed by atoms with Crippen molar-refractivity contribution in [2.24, 2.45) is 0 Å². The summed E-state index contributed by atoms with van der Waals surface area (Å²) in [4.78, 5) is 18.4. The maximum Gasteiger partial charge on any atom is 0.254 e. The van der Waals surface area contributed by atoms with Gasteiger partial charge in [-0.05, 0) is 61.2 Å². The molecule has 1 saturated heterocycles. The summed E-state index contributed by atoms with van der Waals surface area (Å²) in [6.07, 6.45) is 2.62. The number of aromatic nitrogens is 1. The summed E-state index contributed by atoms with van der Waals surface area (Å²) in [6.45, 7) is 2.83. The van der Waals surface area contributed by atoms with E-state index in [1.807, 2.05) is 36.4 Å². The van der Waals surface area contributed by atoms with E-state index in [1.165, 1.54) is 0 Å². The minimum absolute atomic E-state index is 0.00984. The zero-order valence-electron chi connectivity index (χ0n) is 17.7. The van der Waals surface area contributed by atoms with Crippen LogP contribution in [0, 0.1) is 0 Å². The van der Waals surface area contributed by atoms with Crippen LogP contribution < -0.4 is 9.47 Å². The monoisotopic (exact) mass is 408 g/mol. The lowest BCUT2D eigenvalue weighted by atomic mass is 10.0. The van der Waals surface area contributed by atoms with Gasteiger partial charge in [0.1, 0.15) is 0 Å². The number of aliphatic hydroxyl groups excluding tert-OH is 1. The summed E-state index contributed by atoms with van der Waals surface area (Å²) in [5.41, 5.74) is 4.84. The molecule has 6 heteroatoms. The maximum absolute atomic E-state index is 13.1. The highest BCUT2D eigenvalue weighted by Crippen LogP contribution is 2.36. The Kier molecular flexibility index (Phi) is 5.68. The molecule has 1 atom stereocenters. The largest absolute Gasteiger partial charge is 0.493 e. The van der Waals surface area contributed by atoms with E-state index < -0.39 is 0 Å². The van der Waals surface area contributed by atoms with Crippen molar-refractivity contribution in [3.63, 3.8) is 0 Å². The number of nitrogens with zero attached hydrogens (tertiary/aromatic N) is 1. The van der Waals surface area contributed by atoms with Crippen molar-refractivity contribution in [3.05, 3.63) is 47.5 Å². The number of carbonyl (C=O) groups excluding carboxylic acids is 1. The summed E-state index contributed by atoms with van der Waals surface area (Å²) < 4.78 is 10.8. The lowest BCUT2D eigenvalue weighted by Crippen LogP contribution is -2.37. The highest BCUT2D eigenvalue weighted by atomic mass is 16.5. The van der Waals surface area contributed by atoms with Crippen LogP contribution in [-0.4, -0.2) is 54.3 Å². The molecule has 0 radical (unpaired) electrons. The van der Waals surface area contributed by atoms with E-state index in [2.05, 4.69) is 11.9 Å². The molecule has 1 amide bonds. The molecule has 1 aromatic heterocycles. The number of H-pyrrole nitrogens is 1. The van der Waals surface area contributed by atoms with Crippen LogP contribution in [0.1, 0.15) is 35.7 Å². The standard InChI is InChI=1S/C24H28N2O4/c1-4-18-19-12-16(24(28)26-11-5-6-17(26)14-27)7-9-20(19)25-23(18)15-8-10-21(29-2)22(13-15)30-3/h7-10,12-13,17,25,27H,4-6,11,14H2,1-3H3/t17-/m0/s1. The van der Waals surface area contributed by atoms with Gasteiger partial charge in [0.05, 0.1) is 26.9 Å². The number of ether oxygens (including phenoxy) is 2. The second-order valence-corrected chi connectivity index (χ2v) is 7.64. The molecule has 158 valence electrons. The number of hydrogen-bond acceptors (Lipinski definition) is 4. The number of likely N-dealkylation sites (tertiary alicyclic amines) is 1. The molecule has 0 unspecified atom stereocenters. The zero-order valence-corrected chi connectivity index (χ0v) is 17.7. The first kappa shape index (κ1) is 20.3. The van der Waals surface area contributed by atoms with E-state index in [0.29, 0.717) is 23.6 Å². The molecule has 2 N–H and O–H groups in total. The van der Waals surface area contributed by atoms with Gasteiger partial charge in [-0.25, -0.2) is 0 Å². The van der Waals surface area contributed by atoms with Crippen molar-refractivity contribution in [1.82, 2.24) is 9.88 Å². The third-order valence-corrected chi connectivity index (χ3v) is 6.03. The SMILES string of the molecule is CCc1c(-c2ccc(OC)c(OC)c2)[nH]c2ccc(C(=O)N3CCC[C@H]3CO)cc12. The fourth-order valence-electron chi connectivity index (χ4n) is 4.44. The van der Waals surface area contributed by atoms with Gasteiger partial charge in [-0.3, -0.25) is 4.79 Å². The number of aromatic amines is 1. The number of carbonyl (C=O) groups is 1. The van der Waals surface area contributed by atoms with Crippen molar-refractivity contribution in [3.8, 4) is 22.8 Å². The first-order chi connectivity index (χ1) is 14.6. The molecule has 6 nitrogen and oxygen atoms in total. The van der Waals surface area contributed by atoms with Gasteiger partial charge in [0, 0.05) is 34.3 Å². The molecule has 0 aliphatic carbocycles. The molecule has 1 fully saturated rings. The number of benzene rings is 2. The predicted molar refractivity (Wildman–Crippen MR) is 117 cm³/mol. The minimum atomic E-state index is -0.0765. The van der Waals surface area contributed by atoms with Crippen molar-refractivity contribution in [2.75, 3.05) is 27.4 Å². The van der Waals surface area contributed by atoms with Crippen molar-refractivity contribution >= 4 is 16.8 Å². The van der Waals surface area contributed by atoms with Crippen LogP contribution in [0.3, 0.4) is 0 Å². The van der Waals surface area contributed by atoms with Crippen LogP contribution in [0.5, 0.6) is 11.5 Å². The second-order valence-electron chi connectivity index (χ2n) is 7.64. The Balaban J connectivity index is 1.76. The molecule has 1 aliphatic heterocycles. The normalized spacial score (nSPS) is 16.3. The summed E-state index contributed by atoms with van der Waals surface area (Å²) in [6, 6.07) is 11.6.